The summed E-state index contributed by atoms with van der Waals surface area (Å²) in [5, 5.41) is 0.0328. The molecule has 1 aromatic rings. The number of methoxy groups -OCH3 is 1. The van der Waals surface area contributed by atoms with Crippen LogP contribution in [-0.4, -0.2) is 30.1 Å². The van der Waals surface area contributed by atoms with Gasteiger partial charge in [0.1, 0.15) is 4.58 Å². The molecular weight excluding hydrogens is 284 g/mol. The predicted octanol–water partition coefficient (Wildman–Crippen LogP) is 1.95. The highest BCUT2D eigenvalue weighted by Gasteiger charge is 2.35. The average molecular weight is 295 g/mol. The molecule has 0 aliphatic carbocycles. The van der Waals surface area contributed by atoms with Crippen molar-refractivity contribution in [3.8, 4) is 6.01 Å². The van der Waals surface area contributed by atoms with Gasteiger partial charge >= 0.3 is 6.01 Å². The lowest BCUT2D eigenvalue weighted by Crippen LogP contribution is -2.06. The van der Waals surface area contributed by atoms with Crippen molar-refractivity contribution in [1.29, 1.82) is 0 Å². The third-order valence-corrected chi connectivity index (χ3v) is 6.73. The van der Waals surface area contributed by atoms with Crippen molar-refractivity contribution in [2.75, 3.05) is 7.11 Å². The van der Waals surface area contributed by atoms with Gasteiger partial charge in [0.2, 0.25) is 9.05 Å². The molecule has 17 heavy (non-hydrogen) atoms. The molecule has 2 rings (SSSR count). The molecule has 1 aliphatic rings. The van der Waals surface area contributed by atoms with Crippen molar-refractivity contribution in [2.45, 2.75) is 22.7 Å². The molecule has 5 nitrogen and oxygen atoms in total. The van der Waals surface area contributed by atoms with Gasteiger partial charge in [-0.3, -0.25) is 0 Å². The zero-order valence-electron chi connectivity index (χ0n) is 9.04. The van der Waals surface area contributed by atoms with Gasteiger partial charge in [-0.15, -0.1) is 11.8 Å². The van der Waals surface area contributed by atoms with E-state index in [1.807, 2.05) is 0 Å². The van der Waals surface area contributed by atoms with Crippen LogP contribution in [0.5, 0.6) is 6.01 Å². The summed E-state index contributed by atoms with van der Waals surface area (Å²) in [6, 6.07) is 2.06. The van der Waals surface area contributed by atoms with Crippen LogP contribution in [0.3, 0.4) is 0 Å². The molecule has 2 heterocycles. The maximum atomic E-state index is 11.2. The van der Waals surface area contributed by atoms with Crippen molar-refractivity contribution in [1.82, 2.24) is 9.97 Å². The van der Waals surface area contributed by atoms with Crippen LogP contribution in [0.25, 0.3) is 0 Å². The Labute approximate surface area is 108 Å². The monoisotopic (exact) mass is 294 g/mol. The molecule has 1 aliphatic heterocycles. The number of ether oxygens (including phenoxy) is 1. The van der Waals surface area contributed by atoms with Crippen molar-refractivity contribution in [2.24, 2.45) is 0 Å². The topological polar surface area (TPSA) is 69.2 Å². The third-order valence-electron chi connectivity index (χ3n) is 2.46. The quantitative estimate of drug-likeness (QED) is 0.794. The lowest BCUT2D eigenvalue weighted by Gasteiger charge is -2.09. The number of aromatic nitrogens is 2. The Balaban J connectivity index is 2.15. The van der Waals surface area contributed by atoms with Crippen LogP contribution in [0, 0.1) is 0 Å². The molecular formula is C9H11ClN2O3S2. The van der Waals surface area contributed by atoms with Gasteiger partial charge in [0.15, 0.2) is 0 Å². The fourth-order valence-electron chi connectivity index (χ4n) is 1.66. The zero-order valence-corrected chi connectivity index (χ0v) is 11.4. The fourth-order valence-corrected chi connectivity index (χ4v) is 4.84. The van der Waals surface area contributed by atoms with Crippen molar-refractivity contribution >= 4 is 31.5 Å². The number of rotatable bonds is 3. The lowest BCUT2D eigenvalue weighted by atomic mass is 10.2. The minimum atomic E-state index is -3.50. The number of thioether (sulfide) groups is 1. The molecule has 2 unspecified atom stereocenters. The Kier molecular flexibility index (Phi) is 3.79. The first-order valence-electron chi connectivity index (χ1n) is 4.96. The van der Waals surface area contributed by atoms with E-state index in [0.29, 0.717) is 12.4 Å². The van der Waals surface area contributed by atoms with Crippen LogP contribution in [-0.2, 0) is 9.05 Å². The Morgan fingerprint density at radius 3 is 2.88 bits per heavy atom. The highest BCUT2D eigenvalue weighted by atomic mass is 35.7. The number of hydrogen-bond donors (Lipinski definition) is 0. The molecule has 2 atom stereocenters. The van der Waals surface area contributed by atoms with Gasteiger partial charge < -0.3 is 4.74 Å². The normalized spacial score (nSPS) is 24.8. The predicted molar refractivity (Wildman–Crippen MR) is 66.7 cm³/mol. The van der Waals surface area contributed by atoms with Gasteiger partial charge in [0, 0.05) is 22.1 Å². The minimum Gasteiger partial charge on any atom is -0.467 e. The van der Waals surface area contributed by atoms with Crippen LogP contribution in [0.15, 0.2) is 12.3 Å². The molecule has 8 heteroatoms. The van der Waals surface area contributed by atoms with Gasteiger partial charge in [0.25, 0.3) is 0 Å². The number of hydrogen-bond acceptors (Lipinski definition) is 6. The van der Waals surface area contributed by atoms with E-state index in [1.54, 1.807) is 12.3 Å². The maximum Gasteiger partial charge on any atom is 0.316 e. The second-order valence-corrected chi connectivity index (χ2v) is 8.09. The van der Waals surface area contributed by atoms with E-state index >= 15 is 0 Å². The van der Waals surface area contributed by atoms with Crippen LogP contribution < -0.4 is 4.74 Å². The summed E-state index contributed by atoms with van der Waals surface area (Å²) in [6.45, 7) is 0. The van der Waals surface area contributed by atoms with Crippen LogP contribution in [0.1, 0.15) is 23.8 Å². The Morgan fingerprint density at radius 2 is 2.29 bits per heavy atom. The summed E-state index contributed by atoms with van der Waals surface area (Å²) in [6.07, 6.45) is 2.89. The van der Waals surface area contributed by atoms with E-state index in [4.69, 9.17) is 15.4 Å². The Bertz CT molecular complexity index is 509. The molecule has 1 saturated heterocycles. The van der Waals surface area contributed by atoms with E-state index in [0.717, 1.165) is 12.1 Å². The Morgan fingerprint density at radius 1 is 1.53 bits per heavy atom. The summed E-state index contributed by atoms with van der Waals surface area (Å²) in [7, 11) is 3.34. The van der Waals surface area contributed by atoms with Crippen LogP contribution in [0.2, 0.25) is 0 Å². The van der Waals surface area contributed by atoms with E-state index in [-0.39, 0.29) is 5.25 Å². The van der Waals surface area contributed by atoms with Gasteiger partial charge in [0.05, 0.1) is 12.8 Å². The SMILES string of the molecule is COc1nccc(C2CCC(S(=O)(=O)Cl)S2)n1. The molecule has 0 aromatic carbocycles. The summed E-state index contributed by atoms with van der Waals surface area (Å²) >= 11 is 1.32. The molecule has 1 fully saturated rings. The molecule has 0 N–H and O–H groups in total. The summed E-state index contributed by atoms with van der Waals surface area (Å²) in [5.74, 6) is 0. The molecule has 94 valence electrons. The maximum absolute atomic E-state index is 11.2. The van der Waals surface area contributed by atoms with E-state index in [9.17, 15) is 8.42 Å². The highest BCUT2D eigenvalue weighted by Crippen LogP contribution is 2.47. The van der Waals surface area contributed by atoms with Crippen LogP contribution in [0.4, 0.5) is 0 Å². The van der Waals surface area contributed by atoms with Gasteiger partial charge in [-0.1, -0.05) is 0 Å². The summed E-state index contributed by atoms with van der Waals surface area (Å²) < 4.78 is 26.8. The second kappa shape index (κ2) is 4.99. The third kappa shape index (κ3) is 3.02. The molecule has 0 radical (unpaired) electrons. The summed E-state index contributed by atoms with van der Waals surface area (Å²) in [4.78, 5) is 8.11. The molecule has 1 aromatic heterocycles. The zero-order chi connectivity index (χ0) is 12.5. The van der Waals surface area contributed by atoms with Crippen molar-refractivity contribution in [3.63, 3.8) is 0 Å². The lowest BCUT2D eigenvalue weighted by molar-refractivity contribution is 0.377. The van der Waals surface area contributed by atoms with Crippen molar-refractivity contribution in [3.05, 3.63) is 18.0 Å². The second-order valence-electron chi connectivity index (χ2n) is 3.58. The van der Waals surface area contributed by atoms with E-state index in [1.165, 1.54) is 18.9 Å². The smallest absolute Gasteiger partial charge is 0.316 e. The van der Waals surface area contributed by atoms with E-state index in [2.05, 4.69) is 9.97 Å². The molecule has 0 amide bonds. The van der Waals surface area contributed by atoms with Gasteiger partial charge in [-0.05, 0) is 18.9 Å². The van der Waals surface area contributed by atoms with Crippen molar-refractivity contribution < 1.29 is 13.2 Å². The first-order valence-corrected chi connectivity index (χ1v) is 8.28. The first-order chi connectivity index (χ1) is 8.00. The number of nitrogens with zero attached hydrogens (tertiary/aromatic N) is 2. The fraction of sp³-hybridized carbons (Fsp3) is 0.556. The largest absolute Gasteiger partial charge is 0.467 e. The first kappa shape index (κ1) is 12.9. The average Bonchev–Trinajstić information content (AvgIpc) is 2.78. The van der Waals surface area contributed by atoms with E-state index < -0.39 is 13.6 Å². The van der Waals surface area contributed by atoms with Gasteiger partial charge in [-0.2, -0.15) is 4.98 Å². The molecule has 0 saturated carbocycles. The van der Waals surface area contributed by atoms with Gasteiger partial charge in [-0.25, -0.2) is 13.4 Å². The number of halogens is 1. The highest BCUT2D eigenvalue weighted by molar-refractivity contribution is 8.24. The molecule has 0 spiro atoms. The molecule has 0 bridgehead atoms. The standard InChI is InChI=1S/C9H11ClN2O3S2/c1-15-9-11-5-4-6(12-9)7-2-3-8(16-7)17(10,13)14/h4-5,7-8H,2-3H2,1H3. The summed E-state index contributed by atoms with van der Waals surface area (Å²) in [5.41, 5.74) is 0.782. The Hall–Kier alpha value is -0.530. The minimum absolute atomic E-state index is 0.0328. The van der Waals surface area contributed by atoms with Crippen LogP contribution >= 0.6 is 22.4 Å².